The second-order valence-corrected chi connectivity index (χ2v) is 7.08. The summed E-state index contributed by atoms with van der Waals surface area (Å²) in [5, 5.41) is 11.0. The molecule has 1 heterocycles. The van der Waals surface area contributed by atoms with Crippen LogP contribution >= 0.6 is 0 Å². The molecule has 3 rings (SSSR count). The number of carbonyl (C=O) groups excluding carboxylic acids is 2. The lowest BCUT2D eigenvalue weighted by molar-refractivity contribution is -0.139. The molecule has 0 aliphatic carbocycles. The first kappa shape index (κ1) is 21.4. The number of Topliss-reactive ketones (excluding diaryl/α,β-unsaturated/α-hetero) is 1. The van der Waals surface area contributed by atoms with Crippen LogP contribution in [0.2, 0.25) is 0 Å². The summed E-state index contributed by atoms with van der Waals surface area (Å²) >= 11 is 0. The number of nitrogens with zero attached hydrogens (tertiary/aromatic N) is 1. The highest BCUT2D eigenvalue weighted by Crippen LogP contribution is 2.40. The number of ketones is 1. The van der Waals surface area contributed by atoms with Gasteiger partial charge in [0.2, 0.25) is 0 Å². The molecule has 6 heteroatoms. The Morgan fingerprint density at radius 2 is 1.63 bits per heavy atom. The lowest BCUT2D eigenvalue weighted by Gasteiger charge is -2.25. The van der Waals surface area contributed by atoms with Crippen molar-refractivity contribution >= 4 is 17.4 Å². The zero-order chi connectivity index (χ0) is 21.7. The lowest BCUT2D eigenvalue weighted by Crippen LogP contribution is -2.30. The minimum absolute atomic E-state index is 0.102. The summed E-state index contributed by atoms with van der Waals surface area (Å²) in [7, 11) is 1.56. The Morgan fingerprint density at radius 1 is 1.00 bits per heavy atom. The number of benzene rings is 2. The van der Waals surface area contributed by atoms with Gasteiger partial charge in [-0.1, -0.05) is 25.5 Å². The topological polar surface area (TPSA) is 76.1 Å². The van der Waals surface area contributed by atoms with Crippen LogP contribution in [-0.4, -0.2) is 42.0 Å². The summed E-state index contributed by atoms with van der Waals surface area (Å²) < 4.78 is 10.7. The first-order chi connectivity index (χ1) is 14.5. The Morgan fingerprint density at radius 3 is 2.20 bits per heavy atom. The van der Waals surface area contributed by atoms with E-state index < -0.39 is 17.7 Å². The molecular formula is C24H27NO5. The zero-order valence-corrected chi connectivity index (χ0v) is 17.6. The van der Waals surface area contributed by atoms with Gasteiger partial charge in [0, 0.05) is 12.1 Å². The van der Waals surface area contributed by atoms with Gasteiger partial charge in [0.15, 0.2) is 0 Å². The van der Waals surface area contributed by atoms with Gasteiger partial charge in [-0.25, -0.2) is 0 Å². The molecule has 30 heavy (non-hydrogen) atoms. The van der Waals surface area contributed by atoms with E-state index in [0.29, 0.717) is 30.2 Å². The van der Waals surface area contributed by atoms with Gasteiger partial charge >= 0.3 is 0 Å². The first-order valence-corrected chi connectivity index (χ1v) is 10.2. The molecule has 1 fully saturated rings. The van der Waals surface area contributed by atoms with Gasteiger partial charge in [0.05, 0.1) is 25.3 Å². The third kappa shape index (κ3) is 4.17. The average molecular weight is 409 g/mol. The van der Waals surface area contributed by atoms with Gasteiger partial charge in [-0.2, -0.15) is 0 Å². The first-order valence-electron chi connectivity index (χ1n) is 10.2. The number of unbranched alkanes of at least 4 members (excludes halogenated alkanes) is 1. The van der Waals surface area contributed by atoms with E-state index in [1.54, 1.807) is 36.3 Å². The minimum Gasteiger partial charge on any atom is -0.507 e. The zero-order valence-electron chi connectivity index (χ0n) is 17.6. The van der Waals surface area contributed by atoms with Crippen LogP contribution in [0.3, 0.4) is 0 Å². The highest BCUT2D eigenvalue weighted by atomic mass is 16.5. The fourth-order valence-electron chi connectivity index (χ4n) is 3.60. The number of aliphatic hydroxyl groups is 1. The molecule has 1 atom stereocenters. The predicted octanol–water partition coefficient (Wildman–Crippen LogP) is 4.32. The van der Waals surface area contributed by atoms with Crippen molar-refractivity contribution in [3.8, 4) is 11.5 Å². The van der Waals surface area contributed by atoms with Crippen LogP contribution in [0.1, 0.15) is 43.9 Å². The van der Waals surface area contributed by atoms with Crippen LogP contribution in [0, 0.1) is 0 Å². The van der Waals surface area contributed by atoms with Crippen molar-refractivity contribution in [1.29, 1.82) is 0 Å². The van der Waals surface area contributed by atoms with E-state index in [-0.39, 0.29) is 11.3 Å². The third-order valence-electron chi connectivity index (χ3n) is 5.16. The van der Waals surface area contributed by atoms with Crippen LogP contribution in [0.15, 0.2) is 54.1 Å². The van der Waals surface area contributed by atoms with Crippen molar-refractivity contribution in [2.75, 3.05) is 20.3 Å². The van der Waals surface area contributed by atoms with E-state index in [2.05, 4.69) is 0 Å². The van der Waals surface area contributed by atoms with Crippen molar-refractivity contribution in [2.45, 2.75) is 32.7 Å². The van der Waals surface area contributed by atoms with Crippen LogP contribution in [0.5, 0.6) is 11.5 Å². The molecule has 1 amide bonds. The summed E-state index contributed by atoms with van der Waals surface area (Å²) in [6, 6.07) is 13.4. The Labute approximate surface area is 176 Å². The molecule has 1 N–H and O–H groups in total. The normalized spacial score (nSPS) is 18.0. The molecule has 0 aromatic heterocycles. The SMILES string of the molecule is CCCCN1C(=O)C(=O)/C(=C(\O)c2ccc(OC)cc2)C1c1ccc(OCC)cc1. The maximum atomic E-state index is 12.9. The number of rotatable bonds is 8. The van der Waals surface area contributed by atoms with Gasteiger partial charge in [-0.05, 0) is 55.3 Å². The average Bonchev–Trinajstić information content (AvgIpc) is 3.02. The molecule has 0 bridgehead atoms. The summed E-state index contributed by atoms with van der Waals surface area (Å²) in [5.74, 6) is -0.0930. The molecule has 0 radical (unpaired) electrons. The van der Waals surface area contributed by atoms with Gasteiger partial charge in [-0.3, -0.25) is 9.59 Å². The largest absolute Gasteiger partial charge is 0.507 e. The summed E-state index contributed by atoms with van der Waals surface area (Å²) in [5.41, 5.74) is 1.31. The van der Waals surface area contributed by atoms with E-state index in [0.717, 1.165) is 18.4 Å². The number of ether oxygens (including phenoxy) is 2. The number of hydrogen-bond acceptors (Lipinski definition) is 5. The van der Waals surface area contributed by atoms with E-state index >= 15 is 0 Å². The quantitative estimate of drug-likeness (QED) is 0.399. The highest BCUT2D eigenvalue weighted by molar-refractivity contribution is 6.46. The second kappa shape index (κ2) is 9.48. The number of carbonyl (C=O) groups is 2. The standard InChI is InChI=1S/C24H27NO5/c1-4-6-15-25-21(16-7-13-19(14-8-16)30-5-2)20(23(27)24(25)28)22(26)17-9-11-18(29-3)12-10-17/h7-14,21,26H,4-6,15H2,1-3H3/b22-20-. The fraction of sp³-hybridized carbons (Fsp3) is 0.333. The predicted molar refractivity (Wildman–Crippen MR) is 115 cm³/mol. The molecule has 6 nitrogen and oxygen atoms in total. The number of amides is 1. The summed E-state index contributed by atoms with van der Waals surface area (Å²) in [4.78, 5) is 27.3. The van der Waals surface area contributed by atoms with Crippen LogP contribution in [0.25, 0.3) is 5.76 Å². The molecule has 1 saturated heterocycles. The van der Waals surface area contributed by atoms with Crippen LogP contribution < -0.4 is 9.47 Å². The number of hydrogen-bond donors (Lipinski definition) is 1. The van der Waals surface area contributed by atoms with Crippen LogP contribution in [-0.2, 0) is 9.59 Å². The van der Waals surface area contributed by atoms with Crippen molar-refractivity contribution in [1.82, 2.24) is 4.90 Å². The number of likely N-dealkylation sites (tertiary alicyclic amines) is 1. The van der Waals surface area contributed by atoms with E-state index in [1.807, 2.05) is 38.1 Å². The Bertz CT molecular complexity index is 931. The van der Waals surface area contributed by atoms with E-state index in [1.165, 1.54) is 0 Å². The highest BCUT2D eigenvalue weighted by Gasteiger charge is 2.45. The lowest BCUT2D eigenvalue weighted by atomic mass is 9.95. The Kier molecular flexibility index (Phi) is 6.77. The summed E-state index contributed by atoms with van der Waals surface area (Å²) in [6.45, 7) is 4.92. The Balaban J connectivity index is 2.09. The molecule has 0 spiro atoms. The summed E-state index contributed by atoms with van der Waals surface area (Å²) in [6.07, 6.45) is 1.65. The van der Waals surface area contributed by atoms with Gasteiger partial charge in [-0.15, -0.1) is 0 Å². The van der Waals surface area contributed by atoms with Crippen molar-refractivity contribution < 1.29 is 24.2 Å². The van der Waals surface area contributed by atoms with Crippen molar-refractivity contribution in [3.05, 3.63) is 65.2 Å². The molecule has 1 aliphatic rings. The molecule has 158 valence electrons. The van der Waals surface area contributed by atoms with E-state index in [9.17, 15) is 14.7 Å². The molecule has 2 aromatic rings. The van der Waals surface area contributed by atoms with Gasteiger partial charge < -0.3 is 19.5 Å². The fourth-order valence-corrected chi connectivity index (χ4v) is 3.60. The van der Waals surface area contributed by atoms with Crippen LogP contribution in [0.4, 0.5) is 0 Å². The van der Waals surface area contributed by atoms with Crippen molar-refractivity contribution in [3.63, 3.8) is 0 Å². The molecule has 1 aliphatic heterocycles. The smallest absolute Gasteiger partial charge is 0.295 e. The van der Waals surface area contributed by atoms with Gasteiger partial charge in [0.25, 0.3) is 11.7 Å². The van der Waals surface area contributed by atoms with Gasteiger partial charge in [0.1, 0.15) is 17.3 Å². The minimum atomic E-state index is -0.668. The number of aliphatic hydroxyl groups excluding tert-OH is 1. The maximum absolute atomic E-state index is 12.9. The molecule has 2 aromatic carbocycles. The second-order valence-electron chi connectivity index (χ2n) is 7.08. The van der Waals surface area contributed by atoms with E-state index in [4.69, 9.17) is 9.47 Å². The monoisotopic (exact) mass is 409 g/mol. The van der Waals surface area contributed by atoms with Crippen molar-refractivity contribution in [2.24, 2.45) is 0 Å². The molecule has 0 saturated carbocycles. The molecular weight excluding hydrogens is 382 g/mol. The number of methoxy groups -OCH3 is 1. The molecule has 1 unspecified atom stereocenters. The maximum Gasteiger partial charge on any atom is 0.295 e. The third-order valence-corrected chi connectivity index (χ3v) is 5.16. The Hall–Kier alpha value is -3.28.